The van der Waals surface area contributed by atoms with Gasteiger partial charge < -0.3 is 5.32 Å². The minimum Gasteiger partial charge on any atom is -0.321 e. The maximum atomic E-state index is 13.1. The number of guanidine groups is 1. The summed E-state index contributed by atoms with van der Waals surface area (Å²) < 4.78 is 0. The van der Waals surface area contributed by atoms with Crippen LogP contribution in [0.4, 0.5) is 11.4 Å². The van der Waals surface area contributed by atoms with E-state index in [1.165, 1.54) is 18.0 Å². The molecule has 9 heteroatoms. The molecule has 0 aliphatic carbocycles. The highest BCUT2D eigenvalue weighted by molar-refractivity contribution is 8.04. The third kappa shape index (κ3) is 4.08. The summed E-state index contributed by atoms with van der Waals surface area (Å²) in [6, 6.07) is 14.5. The second-order valence-electron chi connectivity index (χ2n) is 6.20. The topological polar surface area (TPSA) is 102 Å². The molecular formula is C21H13ClN6OS. The predicted octanol–water partition coefficient (Wildman–Crippen LogP) is 4.79. The number of halogens is 1. The molecule has 0 radical (unpaired) electrons. The van der Waals surface area contributed by atoms with Crippen LogP contribution in [0, 0.1) is 11.5 Å². The number of para-hydroxylation sites is 1. The van der Waals surface area contributed by atoms with Crippen molar-refractivity contribution in [2.75, 3.05) is 5.32 Å². The zero-order chi connectivity index (χ0) is 21.1. The van der Waals surface area contributed by atoms with Gasteiger partial charge in [0, 0.05) is 32.3 Å². The van der Waals surface area contributed by atoms with Gasteiger partial charge in [0.25, 0.3) is 11.9 Å². The van der Waals surface area contributed by atoms with Gasteiger partial charge >= 0.3 is 0 Å². The molecule has 2 aliphatic heterocycles. The summed E-state index contributed by atoms with van der Waals surface area (Å²) in [4.78, 5) is 31.3. The molecule has 1 amide bonds. The highest BCUT2D eigenvalue weighted by atomic mass is 35.5. The first-order valence-electron chi connectivity index (χ1n) is 8.79. The van der Waals surface area contributed by atoms with Crippen LogP contribution in [-0.2, 0) is 4.79 Å². The lowest BCUT2D eigenvalue weighted by molar-refractivity contribution is -0.110. The van der Waals surface area contributed by atoms with Gasteiger partial charge in [-0.25, -0.2) is 9.98 Å². The average Bonchev–Trinajstić information content (AvgIpc) is 2.73. The van der Waals surface area contributed by atoms with Crippen LogP contribution in [0.25, 0.3) is 0 Å². The largest absolute Gasteiger partial charge is 0.321 e. The smallest absolute Gasteiger partial charge is 0.275 e. The first-order valence-corrected chi connectivity index (χ1v) is 9.98. The van der Waals surface area contributed by atoms with E-state index in [1.807, 2.05) is 31.2 Å². The summed E-state index contributed by atoms with van der Waals surface area (Å²) in [7, 11) is 0. The van der Waals surface area contributed by atoms with Gasteiger partial charge in [0.15, 0.2) is 0 Å². The minimum atomic E-state index is -0.469. The number of anilines is 1. The summed E-state index contributed by atoms with van der Waals surface area (Å²) in [5.74, 6) is -0.558. The highest BCUT2D eigenvalue weighted by Gasteiger charge is 2.27. The zero-order valence-corrected chi connectivity index (χ0v) is 17.2. The monoisotopic (exact) mass is 432 g/mol. The quantitative estimate of drug-likeness (QED) is 0.689. The summed E-state index contributed by atoms with van der Waals surface area (Å²) >= 11 is 7.50. The molecule has 2 aliphatic rings. The first kappa shape index (κ1) is 19.8. The molecule has 0 fully saturated rings. The Balaban J connectivity index is 1.77. The number of benzene rings is 2. The summed E-state index contributed by atoms with van der Waals surface area (Å²) in [6.07, 6.45) is 3.13. The zero-order valence-electron chi connectivity index (χ0n) is 15.6. The Hall–Kier alpha value is -3.54. The maximum Gasteiger partial charge on any atom is 0.275 e. The van der Waals surface area contributed by atoms with Gasteiger partial charge in [0.05, 0.1) is 11.4 Å². The number of hydrogen-bond acceptors (Lipinski definition) is 5. The Kier molecular flexibility index (Phi) is 5.57. The standard InChI is InChI=1S/C21H13ClN6OS/c1-12-19(30-17-8-3-2-7-16(17)26-12)15-10-24-21(25-11-23)28-18(15)20(29)27-14-6-4-5-13(22)9-14/h2-10H,1H3,(H,27,29)/b19-15+,25-21?. The third-order valence-corrected chi connectivity index (χ3v) is 5.68. The van der Waals surface area contributed by atoms with Gasteiger partial charge in [-0.1, -0.05) is 41.6 Å². The van der Waals surface area contributed by atoms with Crippen LogP contribution in [-0.4, -0.2) is 29.5 Å². The highest BCUT2D eigenvalue weighted by Crippen LogP contribution is 2.41. The number of nitrogens with zero attached hydrogens (tertiary/aromatic N) is 5. The fourth-order valence-electron chi connectivity index (χ4n) is 2.87. The first-order chi connectivity index (χ1) is 14.5. The molecule has 7 nitrogen and oxygen atoms in total. The molecule has 146 valence electrons. The number of allylic oxidation sites excluding steroid dienone is 1. The Morgan fingerprint density at radius 2 is 2.03 bits per heavy atom. The van der Waals surface area contributed by atoms with E-state index in [0.29, 0.717) is 16.3 Å². The molecule has 2 aromatic carbocycles. The molecule has 1 N–H and O–H groups in total. The van der Waals surface area contributed by atoms with Crippen molar-refractivity contribution in [2.24, 2.45) is 20.0 Å². The Labute approximate surface area is 181 Å². The van der Waals surface area contributed by atoms with E-state index in [9.17, 15) is 4.79 Å². The lowest BCUT2D eigenvalue weighted by Gasteiger charge is -2.20. The van der Waals surface area contributed by atoms with Gasteiger partial charge in [-0.3, -0.25) is 9.79 Å². The van der Waals surface area contributed by atoms with E-state index in [0.717, 1.165) is 21.2 Å². The van der Waals surface area contributed by atoms with Crippen molar-refractivity contribution in [1.29, 1.82) is 5.26 Å². The fourth-order valence-corrected chi connectivity index (χ4v) is 4.10. The normalized spacial score (nSPS) is 18.9. The molecule has 0 bridgehead atoms. The molecule has 30 heavy (non-hydrogen) atoms. The second-order valence-corrected chi connectivity index (χ2v) is 7.69. The fraction of sp³-hybridized carbons (Fsp3) is 0.0476. The average molecular weight is 433 g/mol. The van der Waals surface area contributed by atoms with E-state index >= 15 is 0 Å². The van der Waals surface area contributed by atoms with Gasteiger partial charge in [-0.05, 0) is 37.3 Å². The Morgan fingerprint density at radius 1 is 1.20 bits per heavy atom. The molecule has 0 spiro atoms. The summed E-state index contributed by atoms with van der Waals surface area (Å²) in [6.45, 7) is 1.87. The molecular weight excluding hydrogens is 420 g/mol. The van der Waals surface area contributed by atoms with Gasteiger partial charge in [0.1, 0.15) is 5.71 Å². The predicted molar refractivity (Wildman–Crippen MR) is 121 cm³/mol. The molecule has 0 aromatic heterocycles. The van der Waals surface area contributed by atoms with Crippen LogP contribution in [0.5, 0.6) is 0 Å². The number of carbonyl (C=O) groups is 1. The van der Waals surface area contributed by atoms with Crippen molar-refractivity contribution < 1.29 is 4.79 Å². The Morgan fingerprint density at radius 3 is 2.83 bits per heavy atom. The van der Waals surface area contributed by atoms with Crippen molar-refractivity contribution in [3.8, 4) is 6.19 Å². The molecule has 0 atom stereocenters. The minimum absolute atomic E-state index is 0.0890. The van der Waals surface area contributed by atoms with Crippen molar-refractivity contribution in [1.82, 2.24) is 0 Å². The van der Waals surface area contributed by atoms with Crippen molar-refractivity contribution in [3.05, 3.63) is 64.0 Å². The molecule has 0 unspecified atom stereocenters. The molecule has 0 saturated carbocycles. The van der Waals surface area contributed by atoms with E-state index in [-0.39, 0.29) is 11.7 Å². The van der Waals surface area contributed by atoms with Crippen LogP contribution < -0.4 is 5.32 Å². The molecule has 4 rings (SSSR count). The van der Waals surface area contributed by atoms with Crippen molar-refractivity contribution in [2.45, 2.75) is 11.8 Å². The number of nitriles is 1. The number of amides is 1. The SMILES string of the molecule is CC1=Nc2ccccc2S/C1=C1\C=NC(=NC#N)N=C1C(=O)Nc1cccc(Cl)c1. The van der Waals surface area contributed by atoms with E-state index in [1.54, 1.807) is 30.5 Å². The lowest BCUT2D eigenvalue weighted by Crippen LogP contribution is -2.29. The summed E-state index contributed by atoms with van der Waals surface area (Å²) in [5, 5.41) is 12.1. The van der Waals surface area contributed by atoms with Gasteiger partial charge in [-0.2, -0.15) is 5.26 Å². The number of hydrogen-bond donors (Lipinski definition) is 1. The van der Waals surface area contributed by atoms with Crippen molar-refractivity contribution in [3.63, 3.8) is 0 Å². The molecule has 2 heterocycles. The number of fused-ring (bicyclic) bond motifs is 1. The number of aliphatic imine (C=N–C) groups is 4. The molecule has 2 aromatic rings. The van der Waals surface area contributed by atoms with Crippen LogP contribution in [0.3, 0.4) is 0 Å². The molecule has 0 saturated heterocycles. The lowest BCUT2D eigenvalue weighted by atomic mass is 10.1. The van der Waals surface area contributed by atoms with E-state index in [4.69, 9.17) is 16.9 Å². The van der Waals surface area contributed by atoms with Crippen LogP contribution in [0.1, 0.15) is 6.92 Å². The number of carbonyl (C=O) groups excluding carboxylic acids is 1. The van der Waals surface area contributed by atoms with Crippen LogP contribution >= 0.6 is 23.4 Å². The summed E-state index contributed by atoms with van der Waals surface area (Å²) in [5.41, 5.74) is 2.73. The number of thioether (sulfide) groups is 1. The number of nitrogens with one attached hydrogen (secondary N) is 1. The van der Waals surface area contributed by atoms with Crippen LogP contribution in [0.15, 0.2) is 83.9 Å². The van der Waals surface area contributed by atoms with E-state index in [2.05, 4.69) is 25.3 Å². The van der Waals surface area contributed by atoms with Gasteiger partial charge in [-0.15, -0.1) is 4.99 Å². The second kappa shape index (κ2) is 8.45. The van der Waals surface area contributed by atoms with Crippen molar-refractivity contribution >= 4 is 64.2 Å². The van der Waals surface area contributed by atoms with Crippen LogP contribution in [0.2, 0.25) is 5.02 Å². The number of rotatable bonds is 2. The maximum absolute atomic E-state index is 13.1. The Bertz CT molecular complexity index is 1250. The van der Waals surface area contributed by atoms with Gasteiger partial charge in [0.2, 0.25) is 6.19 Å². The third-order valence-electron chi connectivity index (χ3n) is 4.16. The van der Waals surface area contributed by atoms with E-state index < -0.39 is 5.91 Å².